The van der Waals surface area contributed by atoms with E-state index in [1.54, 1.807) is 4.31 Å². The van der Waals surface area contributed by atoms with E-state index in [9.17, 15) is 13.2 Å². The molecule has 0 bridgehead atoms. The second kappa shape index (κ2) is 5.43. The molecular formula is C16H26N2O4S. The highest BCUT2D eigenvalue weighted by atomic mass is 32.2. The summed E-state index contributed by atoms with van der Waals surface area (Å²) in [5.41, 5.74) is -0.363. The Hall–Kier alpha value is -0.660. The van der Waals surface area contributed by atoms with Crippen molar-refractivity contribution in [1.82, 2.24) is 9.21 Å². The standard InChI is InChI=1S/C16H26N2O4S/c1-12-16(22-11-15(19)18(12)10-13-2-3-13)6-8-17(9-7-16)23(20,21)14-4-5-14/h12-14H,2-11H2,1H3/t12-/m0/s1. The minimum Gasteiger partial charge on any atom is -0.363 e. The lowest BCUT2D eigenvalue weighted by atomic mass is 9.83. The second-order valence-corrected chi connectivity index (χ2v) is 9.88. The van der Waals surface area contributed by atoms with Crippen LogP contribution in [0.15, 0.2) is 0 Å². The summed E-state index contributed by atoms with van der Waals surface area (Å²) in [6.45, 7) is 4.11. The first-order valence-corrected chi connectivity index (χ1v) is 10.4. The second-order valence-electron chi connectivity index (χ2n) is 7.66. The molecule has 0 aromatic heterocycles. The average molecular weight is 342 g/mol. The van der Waals surface area contributed by atoms with Gasteiger partial charge in [0.25, 0.3) is 0 Å². The number of rotatable bonds is 4. The predicted molar refractivity (Wildman–Crippen MR) is 85.3 cm³/mol. The van der Waals surface area contributed by atoms with Crippen molar-refractivity contribution in [3.63, 3.8) is 0 Å². The molecule has 2 saturated heterocycles. The number of morpholine rings is 1. The van der Waals surface area contributed by atoms with Crippen molar-refractivity contribution in [2.24, 2.45) is 5.92 Å². The van der Waals surface area contributed by atoms with Crippen molar-refractivity contribution >= 4 is 15.9 Å². The Morgan fingerprint density at radius 2 is 1.83 bits per heavy atom. The first-order chi connectivity index (χ1) is 10.9. The monoisotopic (exact) mass is 342 g/mol. The Kier molecular flexibility index (Phi) is 3.74. The number of ether oxygens (including phenoxy) is 1. The Labute approximate surface area is 138 Å². The van der Waals surface area contributed by atoms with E-state index >= 15 is 0 Å². The van der Waals surface area contributed by atoms with Crippen LogP contribution < -0.4 is 0 Å². The fourth-order valence-corrected chi connectivity index (χ4v) is 5.85. The molecule has 0 N–H and O–H groups in total. The number of hydrogen-bond acceptors (Lipinski definition) is 4. The Morgan fingerprint density at radius 3 is 2.39 bits per heavy atom. The maximum Gasteiger partial charge on any atom is 0.248 e. The van der Waals surface area contributed by atoms with E-state index in [1.807, 2.05) is 4.90 Å². The van der Waals surface area contributed by atoms with Gasteiger partial charge in [-0.1, -0.05) is 0 Å². The molecule has 0 aromatic carbocycles. The van der Waals surface area contributed by atoms with Gasteiger partial charge in [0.1, 0.15) is 6.61 Å². The molecule has 1 atom stereocenters. The van der Waals surface area contributed by atoms with Gasteiger partial charge in [-0.2, -0.15) is 0 Å². The Bertz CT molecular complexity index is 589. The van der Waals surface area contributed by atoms with Crippen molar-refractivity contribution < 1.29 is 17.9 Å². The zero-order chi connectivity index (χ0) is 16.2. The molecular weight excluding hydrogens is 316 g/mol. The molecule has 1 spiro atoms. The first-order valence-electron chi connectivity index (χ1n) is 8.85. The summed E-state index contributed by atoms with van der Waals surface area (Å²) in [5.74, 6) is 0.745. The largest absolute Gasteiger partial charge is 0.363 e. The van der Waals surface area contributed by atoms with E-state index in [0.29, 0.717) is 31.8 Å². The number of nitrogens with zero attached hydrogens (tertiary/aromatic N) is 2. The molecule has 23 heavy (non-hydrogen) atoms. The molecule has 2 saturated carbocycles. The zero-order valence-corrected chi connectivity index (χ0v) is 14.6. The summed E-state index contributed by atoms with van der Waals surface area (Å²) in [5, 5.41) is -0.144. The third-order valence-electron chi connectivity index (χ3n) is 6.06. The van der Waals surface area contributed by atoms with E-state index < -0.39 is 10.0 Å². The molecule has 1 amide bonds. The number of piperidine rings is 1. The van der Waals surface area contributed by atoms with E-state index in [1.165, 1.54) is 12.8 Å². The highest BCUT2D eigenvalue weighted by molar-refractivity contribution is 7.90. The molecule has 0 aromatic rings. The summed E-state index contributed by atoms with van der Waals surface area (Å²) in [6, 6.07) is 0.0372. The highest BCUT2D eigenvalue weighted by Gasteiger charge is 2.51. The summed E-state index contributed by atoms with van der Waals surface area (Å²) >= 11 is 0. The lowest BCUT2D eigenvalue weighted by Crippen LogP contribution is -2.64. The van der Waals surface area contributed by atoms with Gasteiger partial charge < -0.3 is 9.64 Å². The molecule has 6 nitrogen and oxygen atoms in total. The van der Waals surface area contributed by atoms with Crippen LogP contribution in [0.1, 0.15) is 45.4 Å². The lowest BCUT2D eigenvalue weighted by molar-refractivity contribution is -0.184. The van der Waals surface area contributed by atoms with Gasteiger partial charge in [0.2, 0.25) is 15.9 Å². The van der Waals surface area contributed by atoms with Crippen LogP contribution in [-0.2, 0) is 19.6 Å². The van der Waals surface area contributed by atoms with E-state index in [4.69, 9.17) is 4.74 Å². The topological polar surface area (TPSA) is 66.9 Å². The van der Waals surface area contributed by atoms with Crippen LogP contribution in [0.4, 0.5) is 0 Å². The number of amides is 1. The third kappa shape index (κ3) is 2.81. The number of sulfonamides is 1. The van der Waals surface area contributed by atoms with Crippen LogP contribution in [0.3, 0.4) is 0 Å². The normalized spacial score (nSPS) is 32.5. The van der Waals surface area contributed by atoms with Crippen molar-refractivity contribution in [2.75, 3.05) is 26.2 Å². The molecule has 2 heterocycles. The van der Waals surface area contributed by atoms with Gasteiger partial charge in [-0.15, -0.1) is 0 Å². The Morgan fingerprint density at radius 1 is 1.17 bits per heavy atom. The van der Waals surface area contributed by atoms with Gasteiger partial charge in [-0.05, 0) is 51.4 Å². The molecule has 2 aliphatic heterocycles. The van der Waals surface area contributed by atoms with Gasteiger partial charge in [0, 0.05) is 19.6 Å². The van der Waals surface area contributed by atoms with E-state index in [2.05, 4.69) is 6.92 Å². The average Bonchev–Trinajstić information content (AvgIpc) is 3.40. The van der Waals surface area contributed by atoms with E-state index in [0.717, 1.165) is 19.4 Å². The maximum absolute atomic E-state index is 12.4. The smallest absolute Gasteiger partial charge is 0.248 e. The maximum atomic E-state index is 12.4. The van der Waals surface area contributed by atoms with Gasteiger partial charge in [-0.25, -0.2) is 12.7 Å². The quantitative estimate of drug-likeness (QED) is 0.763. The summed E-state index contributed by atoms with van der Waals surface area (Å²) in [4.78, 5) is 14.2. The van der Waals surface area contributed by atoms with Crippen LogP contribution in [0.5, 0.6) is 0 Å². The van der Waals surface area contributed by atoms with Crippen LogP contribution in [0.2, 0.25) is 0 Å². The first kappa shape index (κ1) is 15.8. The molecule has 0 unspecified atom stereocenters. The van der Waals surface area contributed by atoms with Crippen molar-refractivity contribution in [3.8, 4) is 0 Å². The van der Waals surface area contributed by atoms with Crippen LogP contribution in [-0.4, -0.2) is 66.7 Å². The van der Waals surface area contributed by atoms with Crippen molar-refractivity contribution in [2.45, 2.75) is 62.3 Å². The third-order valence-corrected chi connectivity index (χ3v) is 8.46. The van der Waals surface area contributed by atoms with Gasteiger partial charge in [0.15, 0.2) is 0 Å². The summed E-state index contributed by atoms with van der Waals surface area (Å²) in [7, 11) is -3.10. The SMILES string of the molecule is C[C@@H]1N(CC2CC2)C(=O)COC12CCN(S(=O)(=O)C1CC1)CC2. The fourth-order valence-electron chi connectivity index (χ4n) is 4.01. The lowest BCUT2D eigenvalue weighted by Gasteiger charge is -2.51. The number of carbonyl (C=O) groups excluding carboxylic acids is 1. The van der Waals surface area contributed by atoms with Crippen LogP contribution in [0.25, 0.3) is 0 Å². The van der Waals surface area contributed by atoms with Gasteiger partial charge in [0.05, 0.1) is 16.9 Å². The molecule has 4 fully saturated rings. The van der Waals surface area contributed by atoms with Gasteiger partial charge >= 0.3 is 0 Å². The molecule has 2 aliphatic carbocycles. The van der Waals surface area contributed by atoms with E-state index in [-0.39, 0.29) is 29.4 Å². The molecule has 0 radical (unpaired) electrons. The van der Waals surface area contributed by atoms with Crippen LogP contribution >= 0.6 is 0 Å². The minimum absolute atomic E-state index is 0.0372. The molecule has 130 valence electrons. The minimum atomic E-state index is -3.10. The fraction of sp³-hybridized carbons (Fsp3) is 0.938. The van der Waals surface area contributed by atoms with Gasteiger partial charge in [-0.3, -0.25) is 4.79 Å². The Balaban J connectivity index is 1.45. The van der Waals surface area contributed by atoms with Crippen molar-refractivity contribution in [1.29, 1.82) is 0 Å². The summed E-state index contributed by atoms with van der Waals surface area (Å²) < 4.78 is 32.4. The number of carbonyl (C=O) groups is 1. The summed E-state index contributed by atoms with van der Waals surface area (Å²) in [6.07, 6.45) is 5.43. The number of hydrogen-bond donors (Lipinski definition) is 0. The predicted octanol–water partition coefficient (Wildman–Crippen LogP) is 0.971. The molecule has 4 rings (SSSR count). The molecule has 4 aliphatic rings. The molecule has 7 heteroatoms. The van der Waals surface area contributed by atoms with Crippen molar-refractivity contribution in [3.05, 3.63) is 0 Å². The van der Waals surface area contributed by atoms with Crippen LogP contribution in [0, 0.1) is 5.92 Å². The highest BCUT2D eigenvalue weighted by Crippen LogP contribution is 2.40. The zero-order valence-electron chi connectivity index (χ0n) is 13.7.